The van der Waals surface area contributed by atoms with Gasteiger partial charge < -0.3 is 4.74 Å². The lowest BCUT2D eigenvalue weighted by Gasteiger charge is -2.34. The zero-order valence-electron chi connectivity index (χ0n) is 12.1. The van der Waals surface area contributed by atoms with Gasteiger partial charge in [-0.05, 0) is 24.9 Å². The first-order valence-corrected chi connectivity index (χ1v) is 8.60. The van der Waals surface area contributed by atoms with Crippen molar-refractivity contribution in [3.63, 3.8) is 0 Å². The number of morpholine rings is 1. The molecule has 3 heterocycles. The molecule has 0 spiro atoms. The molecule has 1 aromatic carbocycles. The standard InChI is InChI=1S/C17H20N2OS/c1-2-5-13(6-3-1)9-14-12-21-17(18-14)16-10-19-8-4-7-15(19)11-20-16/h1-3,5-6,12,15-16H,4,7-11H2/t15-,16+/m1/s1. The van der Waals surface area contributed by atoms with Crippen LogP contribution in [0.15, 0.2) is 35.7 Å². The molecule has 0 aliphatic carbocycles. The van der Waals surface area contributed by atoms with E-state index in [0.717, 1.165) is 30.3 Å². The maximum atomic E-state index is 6.05. The van der Waals surface area contributed by atoms with E-state index >= 15 is 0 Å². The van der Waals surface area contributed by atoms with Crippen LogP contribution in [0.25, 0.3) is 0 Å². The normalized spacial score (nSPS) is 25.9. The Morgan fingerprint density at radius 1 is 1.29 bits per heavy atom. The molecule has 0 N–H and O–H groups in total. The Bertz CT molecular complexity index is 598. The van der Waals surface area contributed by atoms with Gasteiger partial charge in [0, 0.05) is 24.4 Å². The van der Waals surface area contributed by atoms with E-state index in [1.807, 2.05) is 0 Å². The van der Waals surface area contributed by atoms with Crippen molar-refractivity contribution in [2.45, 2.75) is 31.4 Å². The van der Waals surface area contributed by atoms with Crippen molar-refractivity contribution in [2.75, 3.05) is 19.7 Å². The highest BCUT2D eigenvalue weighted by Gasteiger charge is 2.33. The van der Waals surface area contributed by atoms with E-state index in [9.17, 15) is 0 Å². The van der Waals surface area contributed by atoms with Crippen LogP contribution in [0.1, 0.15) is 35.2 Å². The summed E-state index contributed by atoms with van der Waals surface area (Å²) in [4.78, 5) is 7.39. The molecule has 1 aromatic heterocycles. The number of ether oxygens (including phenoxy) is 1. The highest BCUT2D eigenvalue weighted by molar-refractivity contribution is 7.09. The zero-order valence-corrected chi connectivity index (χ0v) is 12.9. The lowest BCUT2D eigenvalue weighted by Crippen LogP contribution is -2.42. The molecule has 0 radical (unpaired) electrons. The number of hydrogen-bond acceptors (Lipinski definition) is 4. The summed E-state index contributed by atoms with van der Waals surface area (Å²) in [5.74, 6) is 0. The molecule has 0 saturated carbocycles. The second-order valence-electron chi connectivity index (χ2n) is 5.95. The zero-order chi connectivity index (χ0) is 14.1. The Hall–Kier alpha value is -1.23. The van der Waals surface area contributed by atoms with Crippen LogP contribution in [0, 0.1) is 0 Å². The fourth-order valence-corrected chi connectivity index (χ4v) is 4.18. The quantitative estimate of drug-likeness (QED) is 0.870. The van der Waals surface area contributed by atoms with Crippen molar-refractivity contribution in [2.24, 2.45) is 0 Å². The van der Waals surface area contributed by atoms with E-state index in [1.54, 1.807) is 11.3 Å². The second kappa shape index (κ2) is 5.87. The summed E-state index contributed by atoms with van der Waals surface area (Å²) in [5, 5.41) is 3.33. The maximum absolute atomic E-state index is 6.05. The molecule has 4 heteroatoms. The van der Waals surface area contributed by atoms with Crippen molar-refractivity contribution in [3.05, 3.63) is 52.0 Å². The van der Waals surface area contributed by atoms with Crippen molar-refractivity contribution < 1.29 is 4.74 Å². The minimum Gasteiger partial charge on any atom is -0.368 e. The summed E-state index contributed by atoms with van der Waals surface area (Å²) in [6.07, 6.45) is 3.70. The summed E-state index contributed by atoms with van der Waals surface area (Å²) in [6, 6.07) is 11.2. The van der Waals surface area contributed by atoms with E-state index in [2.05, 4.69) is 40.6 Å². The Morgan fingerprint density at radius 3 is 3.10 bits per heavy atom. The molecule has 21 heavy (non-hydrogen) atoms. The van der Waals surface area contributed by atoms with E-state index < -0.39 is 0 Å². The van der Waals surface area contributed by atoms with Crippen LogP contribution in [0.2, 0.25) is 0 Å². The maximum Gasteiger partial charge on any atom is 0.123 e. The van der Waals surface area contributed by atoms with Crippen LogP contribution in [0.4, 0.5) is 0 Å². The molecule has 2 fully saturated rings. The van der Waals surface area contributed by atoms with Gasteiger partial charge in [-0.2, -0.15) is 0 Å². The Labute approximate surface area is 129 Å². The van der Waals surface area contributed by atoms with E-state index in [-0.39, 0.29) is 6.10 Å². The topological polar surface area (TPSA) is 25.4 Å². The molecule has 110 valence electrons. The van der Waals surface area contributed by atoms with Crippen LogP contribution >= 0.6 is 11.3 Å². The van der Waals surface area contributed by atoms with Crippen molar-refractivity contribution in [1.82, 2.24) is 9.88 Å². The molecule has 0 unspecified atom stereocenters. The Kier molecular flexibility index (Phi) is 3.76. The van der Waals surface area contributed by atoms with Gasteiger partial charge in [-0.3, -0.25) is 4.90 Å². The molecule has 2 atom stereocenters. The van der Waals surface area contributed by atoms with Crippen LogP contribution in [0.5, 0.6) is 0 Å². The molecular formula is C17H20N2OS. The molecule has 2 aliphatic heterocycles. The fourth-order valence-electron chi connectivity index (χ4n) is 3.32. The van der Waals surface area contributed by atoms with Crippen LogP contribution in [-0.4, -0.2) is 35.6 Å². The largest absolute Gasteiger partial charge is 0.368 e. The van der Waals surface area contributed by atoms with Crippen LogP contribution in [-0.2, 0) is 11.2 Å². The minimum atomic E-state index is 0.175. The first-order chi connectivity index (χ1) is 10.4. The van der Waals surface area contributed by atoms with Crippen molar-refractivity contribution in [3.8, 4) is 0 Å². The molecular weight excluding hydrogens is 280 g/mol. The number of hydrogen-bond donors (Lipinski definition) is 0. The number of nitrogens with zero attached hydrogens (tertiary/aromatic N) is 2. The third-order valence-electron chi connectivity index (χ3n) is 4.46. The first kappa shape index (κ1) is 13.4. The monoisotopic (exact) mass is 300 g/mol. The number of thiazole rings is 1. The van der Waals surface area contributed by atoms with Gasteiger partial charge in [-0.25, -0.2) is 4.98 Å². The van der Waals surface area contributed by atoms with Gasteiger partial charge in [0.2, 0.25) is 0 Å². The average molecular weight is 300 g/mol. The van der Waals surface area contributed by atoms with Gasteiger partial charge >= 0.3 is 0 Å². The summed E-state index contributed by atoms with van der Waals surface area (Å²) >= 11 is 1.75. The molecule has 2 aliphatic rings. The van der Waals surface area contributed by atoms with E-state index in [0.29, 0.717) is 6.04 Å². The second-order valence-corrected chi connectivity index (χ2v) is 6.84. The lowest BCUT2D eigenvalue weighted by atomic mass is 10.1. The predicted octanol–water partition coefficient (Wildman–Crippen LogP) is 3.27. The molecule has 0 bridgehead atoms. The van der Waals surface area contributed by atoms with Gasteiger partial charge in [0.15, 0.2) is 0 Å². The van der Waals surface area contributed by atoms with Gasteiger partial charge in [0.05, 0.1) is 12.3 Å². The van der Waals surface area contributed by atoms with E-state index in [4.69, 9.17) is 9.72 Å². The van der Waals surface area contributed by atoms with Gasteiger partial charge in [-0.1, -0.05) is 30.3 Å². The molecule has 3 nitrogen and oxygen atoms in total. The first-order valence-electron chi connectivity index (χ1n) is 7.72. The highest BCUT2D eigenvalue weighted by atomic mass is 32.1. The van der Waals surface area contributed by atoms with Gasteiger partial charge in [0.25, 0.3) is 0 Å². The Morgan fingerprint density at radius 2 is 2.19 bits per heavy atom. The number of rotatable bonds is 3. The third kappa shape index (κ3) is 2.89. The minimum absolute atomic E-state index is 0.175. The summed E-state index contributed by atoms with van der Waals surface area (Å²) in [7, 11) is 0. The van der Waals surface area contributed by atoms with Crippen molar-refractivity contribution >= 4 is 11.3 Å². The summed E-state index contributed by atoms with van der Waals surface area (Å²) in [6.45, 7) is 3.12. The van der Waals surface area contributed by atoms with Gasteiger partial charge in [0.1, 0.15) is 11.1 Å². The summed E-state index contributed by atoms with van der Waals surface area (Å²) in [5.41, 5.74) is 2.48. The number of fused-ring (bicyclic) bond motifs is 1. The van der Waals surface area contributed by atoms with Crippen LogP contribution < -0.4 is 0 Å². The fraction of sp³-hybridized carbons (Fsp3) is 0.471. The SMILES string of the molecule is c1ccc(Cc2csc([C@@H]3CN4CCC[C@@H]4CO3)n2)cc1. The molecule has 2 aromatic rings. The smallest absolute Gasteiger partial charge is 0.123 e. The molecule has 4 rings (SSSR count). The number of benzene rings is 1. The summed E-state index contributed by atoms with van der Waals surface area (Å²) < 4.78 is 6.05. The number of aromatic nitrogens is 1. The molecule has 2 saturated heterocycles. The third-order valence-corrected chi connectivity index (χ3v) is 5.45. The van der Waals surface area contributed by atoms with Crippen LogP contribution in [0.3, 0.4) is 0 Å². The highest BCUT2D eigenvalue weighted by Crippen LogP contribution is 2.31. The van der Waals surface area contributed by atoms with Crippen molar-refractivity contribution in [1.29, 1.82) is 0 Å². The molecule has 0 amide bonds. The lowest BCUT2D eigenvalue weighted by molar-refractivity contribution is -0.0502. The predicted molar refractivity (Wildman–Crippen MR) is 84.7 cm³/mol. The Balaban J connectivity index is 1.44. The van der Waals surface area contributed by atoms with E-state index in [1.165, 1.54) is 24.9 Å². The average Bonchev–Trinajstić information content (AvgIpc) is 3.16. The van der Waals surface area contributed by atoms with Gasteiger partial charge in [-0.15, -0.1) is 11.3 Å².